The molecule has 18 heavy (non-hydrogen) atoms. The summed E-state index contributed by atoms with van der Waals surface area (Å²) in [6.07, 6.45) is 1.99. The van der Waals surface area contributed by atoms with E-state index in [4.69, 9.17) is 28.9 Å². The second-order valence-electron chi connectivity index (χ2n) is 4.42. The van der Waals surface area contributed by atoms with Crippen molar-refractivity contribution in [1.29, 1.82) is 0 Å². The molecule has 1 amide bonds. The van der Waals surface area contributed by atoms with Gasteiger partial charge in [-0.15, -0.1) is 0 Å². The smallest absolute Gasteiger partial charge is 0.253 e. The minimum atomic E-state index is -0.0961. The number of hydrogen-bond acceptors (Lipinski definition) is 2. The lowest BCUT2D eigenvalue weighted by Crippen LogP contribution is -2.35. The Kier molecular flexibility index (Phi) is 5.29. The summed E-state index contributed by atoms with van der Waals surface area (Å²) < 4.78 is 0. The maximum Gasteiger partial charge on any atom is 0.253 e. The lowest BCUT2D eigenvalue weighted by atomic mass is 10.1. The van der Waals surface area contributed by atoms with E-state index in [1.807, 2.05) is 6.92 Å². The molecule has 0 saturated carbocycles. The van der Waals surface area contributed by atoms with Crippen molar-refractivity contribution in [3.63, 3.8) is 0 Å². The number of nitrogens with two attached hydrogens (primary N) is 1. The van der Waals surface area contributed by atoms with Gasteiger partial charge in [0.25, 0.3) is 5.91 Å². The van der Waals surface area contributed by atoms with E-state index in [-0.39, 0.29) is 17.0 Å². The first kappa shape index (κ1) is 15.1. The van der Waals surface area contributed by atoms with Gasteiger partial charge in [0.2, 0.25) is 0 Å². The van der Waals surface area contributed by atoms with Crippen LogP contribution in [0, 0.1) is 0 Å². The quantitative estimate of drug-likeness (QED) is 0.856. The molecule has 0 aliphatic carbocycles. The Labute approximate surface area is 118 Å². The monoisotopic (exact) mass is 288 g/mol. The molecule has 1 aromatic carbocycles. The number of nitrogen functional groups attached to an aromatic ring is 1. The third-order valence-corrected chi connectivity index (χ3v) is 3.81. The normalized spacial score (nSPS) is 12.3. The van der Waals surface area contributed by atoms with E-state index in [0.29, 0.717) is 16.3 Å². The molecule has 1 rings (SSSR count). The molecule has 3 nitrogen and oxygen atoms in total. The van der Waals surface area contributed by atoms with Crippen LogP contribution in [0.3, 0.4) is 0 Å². The van der Waals surface area contributed by atoms with Crippen molar-refractivity contribution >= 4 is 34.8 Å². The number of benzene rings is 1. The first-order chi connectivity index (χ1) is 8.38. The molecular weight excluding hydrogens is 271 g/mol. The summed E-state index contributed by atoms with van der Waals surface area (Å²) in [4.78, 5) is 13.9. The molecule has 0 spiro atoms. The number of carbonyl (C=O) groups is 1. The summed E-state index contributed by atoms with van der Waals surface area (Å²) in [6.45, 7) is 4.11. The second kappa shape index (κ2) is 6.30. The van der Waals surface area contributed by atoms with Gasteiger partial charge in [0.05, 0.1) is 15.7 Å². The summed E-state index contributed by atoms with van der Waals surface area (Å²) in [6, 6.07) is 3.29. The standard InChI is InChI=1S/C13H18Cl2N2O/c1-4-5-8(2)17(3)13(18)9-6-10(14)12(15)11(16)7-9/h6-8H,4-5,16H2,1-3H3. The van der Waals surface area contributed by atoms with Gasteiger partial charge in [0.15, 0.2) is 0 Å². The topological polar surface area (TPSA) is 46.3 Å². The molecule has 0 saturated heterocycles. The van der Waals surface area contributed by atoms with Crippen molar-refractivity contribution in [3.8, 4) is 0 Å². The number of anilines is 1. The van der Waals surface area contributed by atoms with Crippen molar-refractivity contribution in [1.82, 2.24) is 4.90 Å². The first-order valence-corrected chi connectivity index (χ1v) is 6.65. The fourth-order valence-electron chi connectivity index (χ4n) is 1.75. The molecular formula is C13H18Cl2N2O. The second-order valence-corrected chi connectivity index (χ2v) is 5.20. The summed E-state index contributed by atoms with van der Waals surface area (Å²) in [7, 11) is 1.78. The Bertz CT molecular complexity index is 426. The fourth-order valence-corrected chi connectivity index (χ4v) is 2.08. The number of halogens is 2. The van der Waals surface area contributed by atoms with Gasteiger partial charge >= 0.3 is 0 Å². The lowest BCUT2D eigenvalue weighted by Gasteiger charge is -2.25. The van der Waals surface area contributed by atoms with Gasteiger partial charge in [-0.25, -0.2) is 0 Å². The zero-order valence-electron chi connectivity index (χ0n) is 10.8. The first-order valence-electron chi connectivity index (χ1n) is 5.90. The number of rotatable bonds is 4. The molecule has 2 N–H and O–H groups in total. The van der Waals surface area contributed by atoms with Crippen LogP contribution in [0.2, 0.25) is 10.0 Å². The van der Waals surface area contributed by atoms with Crippen LogP contribution >= 0.6 is 23.2 Å². The zero-order chi connectivity index (χ0) is 13.9. The van der Waals surface area contributed by atoms with Gasteiger partial charge < -0.3 is 10.6 Å². The molecule has 0 fully saturated rings. The van der Waals surface area contributed by atoms with Crippen LogP contribution in [-0.4, -0.2) is 23.9 Å². The molecule has 0 aliphatic rings. The van der Waals surface area contributed by atoms with Crippen molar-refractivity contribution < 1.29 is 4.79 Å². The van der Waals surface area contributed by atoms with Gasteiger partial charge in [-0.2, -0.15) is 0 Å². The zero-order valence-corrected chi connectivity index (χ0v) is 12.3. The van der Waals surface area contributed by atoms with E-state index in [0.717, 1.165) is 12.8 Å². The molecule has 0 aromatic heterocycles. The van der Waals surface area contributed by atoms with Gasteiger partial charge in [0.1, 0.15) is 0 Å². The Morgan fingerprint density at radius 3 is 2.56 bits per heavy atom. The largest absolute Gasteiger partial charge is 0.397 e. The highest BCUT2D eigenvalue weighted by Crippen LogP contribution is 2.30. The highest BCUT2D eigenvalue weighted by Gasteiger charge is 2.18. The van der Waals surface area contributed by atoms with E-state index in [2.05, 4.69) is 6.92 Å². The third-order valence-electron chi connectivity index (χ3n) is 2.99. The van der Waals surface area contributed by atoms with Crippen molar-refractivity contribution in [2.75, 3.05) is 12.8 Å². The molecule has 1 atom stereocenters. The van der Waals surface area contributed by atoms with Crippen LogP contribution in [0.4, 0.5) is 5.69 Å². The minimum absolute atomic E-state index is 0.0961. The van der Waals surface area contributed by atoms with Gasteiger partial charge in [-0.05, 0) is 25.5 Å². The van der Waals surface area contributed by atoms with Crippen LogP contribution in [0.25, 0.3) is 0 Å². The van der Waals surface area contributed by atoms with Crippen LogP contribution in [0.15, 0.2) is 12.1 Å². The molecule has 5 heteroatoms. The van der Waals surface area contributed by atoms with E-state index in [1.165, 1.54) is 0 Å². The van der Waals surface area contributed by atoms with Gasteiger partial charge in [-0.1, -0.05) is 36.5 Å². The van der Waals surface area contributed by atoms with E-state index < -0.39 is 0 Å². The summed E-state index contributed by atoms with van der Waals surface area (Å²) in [5, 5.41) is 0.592. The molecule has 1 aromatic rings. The van der Waals surface area contributed by atoms with Crippen LogP contribution < -0.4 is 5.73 Å². The number of nitrogens with zero attached hydrogens (tertiary/aromatic N) is 1. The Morgan fingerprint density at radius 2 is 2.06 bits per heavy atom. The van der Waals surface area contributed by atoms with E-state index in [1.54, 1.807) is 24.1 Å². The maximum absolute atomic E-state index is 12.2. The average molecular weight is 289 g/mol. The number of carbonyl (C=O) groups excluding carboxylic acids is 1. The molecule has 0 radical (unpaired) electrons. The van der Waals surface area contributed by atoms with Crippen molar-refractivity contribution in [2.24, 2.45) is 0 Å². The minimum Gasteiger partial charge on any atom is -0.397 e. The van der Waals surface area contributed by atoms with E-state index in [9.17, 15) is 4.79 Å². The SMILES string of the molecule is CCCC(C)N(C)C(=O)c1cc(N)c(Cl)c(Cl)c1. The van der Waals surface area contributed by atoms with Crippen LogP contribution in [-0.2, 0) is 0 Å². The Morgan fingerprint density at radius 1 is 1.44 bits per heavy atom. The predicted octanol–water partition coefficient (Wildman–Crippen LogP) is 3.84. The van der Waals surface area contributed by atoms with E-state index >= 15 is 0 Å². The highest BCUT2D eigenvalue weighted by molar-refractivity contribution is 6.43. The molecule has 100 valence electrons. The van der Waals surface area contributed by atoms with Crippen molar-refractivity contribution in [3.05, 3.63) is 27.7 Å². The number of amides is 1. The summed E-state index contributed by atoms with van der Waals surface area (Å²) in [5.74, 6) is -0.0961. The summed E-state index contributed by atoms with van der Waals surface area (Å²) in [5.41, 5.74) is 6.50. The average Bonchev–Trinajstić information content (AvgIpc) is 2.33. The van der Waals surface area contributed by atoms with Crippen molar-refractivity contribution in [2.45, 2.75) is 32.7 Å². The Balaban J connectivity index is 2.97. The molecule has 0 bridgehead atoms. The van der Waals surface area contributed by atoms with Gasteiger partial charge in [-0.3, -0.25) is 4.79 Å². The third kappa shape index (κ3) is 3.30. The maximum atomic E-state index is 12.2. The van der Waals surface area contributed by atoms with Gasteiger partial charge in [0, 0.05) is 18.7 Å². The van der Waals surface area contributed by atoms with Crippen LogP contribution in [0.1, 0.15) is 37.0 Å². The predicted molar refractivity (Wildman–Crippen MR) is 77.3 cm³/mol. The molecule has 0 aliphatic heterocycles. The van der Waals surface area contributed by atoms with Crippen LogP contribution in [0.5, 0.6) is 0 Å². The Hall–Kier alpha value is -0.930. The number of hydrogen-bond donors (Lipinski definition) is 1. The fraction of sp³-hybridized carbons (Fsp3) is 0.462. The molecule has 1 unspecified atom stereocenters. The summed E-state index contributed by atoms with van der Waals surface area (Å²) >= 11 is 11.8. The lowest BCUT2D eigenvalue weighted by molar-refractivity contribution is 0.0737. The highest BCUT2D eigenvalue weighted by atomic mass is 35.5. The molecule has 0 heterocycles.